The van der Waals surface area contributed by atoms with Crippen LogP contribution in [0.25, 0.3) is 5.78 Å². The minimum absolute atomic E-state index is 0.0934. The molecule has 0 saturated carbocycles. The predicted molar refractivity (Wildman–Crippen MR) is 70.9 cm³/mol. The number of fused-ring (bicyclic) bond motifs is 1. The lowest BCUT2D eigenvalue weighted by Gasteiger charge is -2.20. The summed E-state index contributed by atoms with van der Waals surface area (Å²) in [7, 11) is 0. The molecule has 7 nitrogen and oxygen atoms in total. The van der Waals surface area contributed by atoms with E-state index in [1.165, 1.54) is 6.20 Å². The summed E-state index contributed by atoms with van der Waals surface area (Å²) in [5, 5.41) is 14.5. The average Bonchev–Trinajstić information content (AvgIpc) is 2.82. The van der Waals surface area contributed by atoms with Crippen molar-refractivity contribution < 1.29 is 9.90 Å². The lowest BCUT2D eigenvalue weighted by molar-refractivity contribution is 0.204. The van der Waals surface area contributed by atoms with Crippen molar-refractivity contribution in [2.75, 3.05) is 11.9 Å². The summed E-state index contributed by atoms with van der Waals surface area (Å²) in [5.74, 6) is 0.728. The van der Waals surface area contributed by atoms with E-state index in [-0.39, 0.29) is 24.6 Å². The van der Waals surface area contributed by atoms with Gasteiger partial charge in [-0.05, 0) is 5.92 Å². The Morgan fingerprint density at radius 1 is 1.47 bits per heavy atom. The standard InChI is InChI=1S/C12H17N5O2/c1-8(2)10(7-18)16-12(19)15-9-5-14-11-13-3-4-17(11)6-9/h3-6,8,10,18H,7H2,1-2H3,(H2,15,16,19)/t10-/m1/s1. The van der Waals surface area contributed by atoms with Crippen LogP contribution in [0.5, 0.6) is 0 Å². The number of urea groups is 1. The van der Waals surface area contributed by atoms with Gasteiger partial charge in [0.15, 0.2) is 0 Å². The van der Waals surface area contributed by atoms with Crippen molar-refractivity contribution in [2.45, 2.75) is 19.9 Å². The van der Waals surface area contributed by atoms with Crippen LogP contribution in [-0.4, -0.2) is 38.2 Å². The molecule has 0 aliphatic heterocycles. The number of carbonyl (C=O) groups excluding carboxylic acids is 1. The lowest BCUT2D eigenvalue weighted by atomic mass is 10.1. The number of carbonyl (C=O) groups is 1. The van der Waals surface area contributed by atoms with Gasteiger partial charge < -0.3 is 15.7 Å². The molecule has 2 rings (SSSR count). The second kappa shape index (κ2) is 5.66. The summed E-state index contributed by atoms with van der Waals surface area (Å²) < 4.78 is 1.71. The number of aromatic nitrogens is 3. The van der Waals surface area contributed by atoms with Gasteiger partial charge in [-0.1, -0.05) is 13.8 Å². The van der Waals surface area contributed by atoms with Gasteiger partial charge in [0.2, 0.25) is 5.78 Å². The summed E-state index contributed by atoms with van der Waals surface area (Å²) in [4.78, 5) is 19.9. The van der Waals surface area contributed by atoms with Crippen molar-refractivity contribution >= 4 is 17.5 Å². The fourth-order valence-corrected chi connectivity index (χ4v) is 1.64. The van der Waals surface area contributed by atoms with Crippen LogP contribution in [0.4, 0.5) is 10.5 Å². The van der Waals surface area contributed by atoms with Crippen LogP contribution in [-0.2, 0) is 0 Å². The SMILES string of the molecule is CC(C)[C@@H](CO)NC(=O)Nc1cnc2nccn2c1. The van der Waals surface area contributed by atoms with Gasteiger partial charge >= 0.3 is 6.03 Å². The van der Waals surface area contributed by atoms with Crippen LogP contribution >= 0.6 is 0 Å². The molecule has 0 aliphatic carbocycles. The smallest absolute Gasteiger partial charge is 0.319 e. The number of amides is 2. The molecular weight excluding hydrogens is 246 g/mol. The molecule has 1 atom stereocenters. The lowest BCUT2D eigenvalue weighted by Crippen LogP contribution is -2.43. The molecule has 0 fully saturated rings. The highest BCUT2D eigenvalue weighted by molar-refractivity contribution is 5.89. The molecule has 0 aromatic carbocycles. The van der Waals surface area contributed by atoms with Gasteiger partial charge in [-0.3, -0.25) is 4.40 Å². The maximum absolute atomic E-state index is 11.8. The first-order valence-electron chi connectivity index (χ1n) is 6.07. The molecule has 102 valence electrons. The molecule has 0 radical (unpaired) electrons. The van der Waals surface area contributed by atoms with Crippen molar-refractivity contribution in [1.29, 1.82) is 0 Å². The molecule has 0 unspecified atom stereocenters. The average molecular weight is 263 g/mol. The second-order valence-electron chi connectivity index (χ2n) is 4.61. The molecule has 2 aromatic rings. The van der Waals surface area contributed by atoms with Crippen molar-refractivity contribution in [1.82, 2.24) is 19.7 Å². The van der Waals surface area contributed by atoms with Crippen molar-refractivity contribution in [3.05, 3.63) is 24.8 Å². The molecule has 0 spiro atoms. The van der Waals surface area contributed by atoms with Crippen molar-refractivity contribution in [3.63, 3.8) is 0 Å². The van der Waals surface area contributed by atoms with Gasteiger partial charge in [0.05, 0.1) is 24.5 Å². The summed E-state index contributed by atoms with van der Waals surface area (Å²) in [6.07, 6.45) is 6.63. The Morgan fingerprint density at radius 2 is 2.26 bits per heavy atom. The number of aliphatic hydroxyl groups is 1. The molecule has 7 heteroatoms. The maximum atomic E-state index is 11.8. The topological polar surface area (TPSA) is 91.5 Å². The summed E-state index contributed by atoms with van der Waals surface area (Å²) in [6.45, 7) is 3.77. The summed E-state index contributed by atoms with van der Waals surface area (Å²) >= 11 is 0. The molecule has 2 amide bonds. The number of hydrogen-bond acceptors (Lipinski definition) is 4. The first kappa shape index (κ1) is 13.3. The van der Waals surface area contributed by atoms with Crippen LogP contribution in [0, 0.1) is 5.92 Å². The summed E-state index contributed by atoms with van der Waals surface area (Å²) in [5.41, 5.74) is 0.559. The van der Waals surface area contributed by atoms with Gasteiger partial charge in [0, 0.05) is 18.6 Å². The molecule has 19 heavy (non-hydrogen) atoms. The Kier molecular flexibility index (Phi) is 3.96. The van der Waals surface area contributed by atoms with Crippen molar-refractivity contribution in [2.24, 2.45) is 5.92 Å². The zero-order valence-corrected chi connectivity index (χ0v) is 10.9. The van der Waals surface area contributed by atoms with E-state index < -0.39 is 0 Å². The minimum atomic E-state index is -0.367. The number of aliphatic hydroxyl groups excluding tert-OH is 1. The van der Waals surface area contributed by atoms with Crippen LogP contribution in [0.2, 0.25) is 0 Å². The van der Waals surface area contributed by atoms with E-state index in [2.05, 4.69) is 20.6 Å². The van der Waals surface area contributed by atoms with E-state index in [4.69, 9.17) is 5.11 Å². The number of nitrogens with zero attached hydrogens (tertiary/aromatic N) is 3. The first-order chi connectivity index (χ1) is 9.10. The highest BCUT2D eigenvalue weighted by Gasteiger charge is 2.15. The molecule has 2 aromatic heterocycles. The largest absolute Gasteiger partial charge is 0.394 e. The Morgan fingerprint density at radius 3 is 2.95 bits per heavy atom. The van der Waals surface area contributed by atoms with E-state index in [0.29, 0.717) is 11.5 Å². The number of rotatable bonds is 4. The summed E-state index contributed by atoms with van der Waals surface area (Å²) in [6, 6.07) is -0.640. The van der Waals surface area contributed by atoms with Gasteiger partial charge in [-0.25, -0.2) is 14.8 Å². The Bertz CT molecular complexity index is 566. The van der Waals surface area contributed by atoms with E-state index in [0.717, 1.165) is 0 Å². The third-order valence-electron chi connectivity index (χ3n) is 2.82. The van der Waals surface area contributed by atoms with E-state index in [9.17, 15) is 4.79 Å². The second-order valence-corrected chi connectivity index (χ2v) is 4.61. The predicted octanol–water partition coefficient (Wildman–Crippen LogP) is 0.868. The monoisotopic (exact) mass is 263 g/mol. The zero-order valence-electron chi connectivity index (χ0n) is 10.9. The van der Waals surface area contributed by atoms with Gasteiger partial charge in [-0.15, -0.1) is 0 Å². The number of nitrogens with one attached hydrogen (secondary N) is 2. The Balaban J connectivity index is 2.01. The molecule has 0 bridgehead atoms. The van der Waals surface area contributed by atoms with Crippen LogP contribution < -0.4 is 10.6 Å². The van der Waals surface area contributed by atoms with Crippen molar-refractivity contribution in [3.8, 4) is 0 Å². The first-order valence-corrected chi connectivity index (χ1v) is 6.07. The van der Waals surface area contributed by atoms with E-state index in [1.54, 1.807) is 23.0 Å². The number of anilines is 1. The third-order valence-corrected chi connectivity index (χ3v) is 2.82. The normalized spacial score (nSPS) is 12.6. The highest BCUT2D eigenvalue weighted by Crippen LogP contribution is 2.07. The van der Waals surface area contributed by atoms with E-state index >= 15 is 0 Å². The van der Waals surface area contributed by atoms with Crippen LogP contribution in [0.3, 0.4) is 0 Å². The molecule has 2 heterocycles. The van der Waals surface area contributed by atoms with Crippen LogP contribution in [0.15, 0.2) is 24.8 Å². The molecule has 3 N–H and O–H groups in total. The maximum Gasteiger partial charge on any atom is 0.319 e. The molecule has 0 aliphatic rings. The number of imidazole rings is 1. The van der Waals surface area contributed by atoms with E-state index in [1.807, 2.05) is 13.8 Å². The Hall–Kier alpha value is -2.15. The third kappa shape index (κ3) is 3.19. The van der Waals surface area contributed by atoms with Gasteiger partial charge in [0.1, 0.15) is 0 Å². The Labute approximate surface area is 110 Å². The molecule has 0 saturated heterocycles. The number of hydrogen-bond donors (Lipinski definition) is 3. The van der Waals surface area contributed by atoms with Crippen LogP contribution in [0.1, 0.15) is 13.8 Å². The fraction of sp³-hybridized carbons (Fsp3) is 0.417. The van der Waals surface area contributed by atoms with Gasteiger partial charge in [-0.2, -0.15) is 0 Å². The quantitative estimate of drug-likeness (QED) is 0.763. The minimum Gasteiger partial charge on any atom is -0.394 e. The zero-order chi connectivity index (χ0) is 13.8. The molecular formula is C12H17N5O2. The highest BCUT2D eigenvalue weighted by atomic mass is 16.3. The fourth-order valence-electron chi connectivity index (χ4n) is 1.64. The van der Waals surface area contributed by atoms with Gasteiger partial charge in [0.25, 0.3) is 0 Å².